The molecule has 1 fully saturated rings. The highest BCUT2D eigenvalue weighted by atomic mass is 16.2. The Morgan fingerprint density at radius 1 is 1.50 bits per heavy atom. The quantitative estimate of drug-likeness (QED) is 0.725. The van der Waals surface area contributed by atoms with Crippen LogP contribution in [0.25, 0.3) is 0 Å². The van der Waals surface area contributed by atoms with Gasteiger partial charge in [-0.15, -0.1) is 0 Å². The van der Waals surface area contributed by atoms with Crippen molar-refractivity contribution < 1.29 is 4.79 Å². The Labute approximate surface area is 86.6 Å². The lowest BCUT2D eigenvalue weighted by Gasteiger charge is -2.33. The van der Waals surface area contributed by atoms with Gasteiger partial charge in [-0.05, 0) is 24.7 Å². The SMILES string of the molecule is CC(C)[C@@H](N)C(=O)N1CCC[C@H](C)C1. The van der Waals surface area contributed by atoms with Crippen LogP contribution in [0.2, 0.25) is 0 Å². The molecule has 0 aromatic carbocycles. The van der Waals surface area contributed by atoms with Gasteiger partial charge in [0.15, 0.2) is 0 Å². The Hall–Kier alpha value is -0.570. The summed E-state index contributed by atoms with van der Waals surface area (Å²) in [4.78, 5) is 13.8. The van der Waals surface area contributed by atoms with Crippen LogP contribution in [0.15, 0.2) is 0 Å². The van der Waals surface area contributed by atoms with Crippen molar-refractivity contribution in [3.63, 3.8) is 0 Å². The van der Waals surface area contributed by atoms with Crippen LogP contribution in [0.4, 0.5) is 0 Å². The number of carbonyl (C=O) groups excluding carboxylic acids is 1. The van der Waals surface area contributed by atoms with E-state index in [1.165, 1.54) is 6.42 Å². The summed E-state index contributed by atoms with van der Waals surface area (Å²) in [6.07, 6.45) is 2.36. The van der Waals surface area contributed by atoms with Gasteiger partial charge in [0.25, 0.3) is 0 Å². The van der Waals surface area contributed by atoms with Crippen molar-refractivity contribution in [2.24, 2.45) is 17.6 Å². The summed E-state index contributed by atoms with van der Waals surface area (Å²) in [5.74, 6) is 0.998. The summed E-state index contributed by atoms with van der Waals surface area (Å²) in [5.41, 5.74) is 5.85. The number of hydrogen-bond acceptors (Lipinski definition) is 2. The molecule has 14 heavy (non-hydrogen) atoms. The van der Waals surface area contributed by atoms with E-state index in [1.54, 1.807) is 0 Å². The summed E-state index contributed by atoms with van der Waals surface area (Å²) >= 11 is 0. The minimum Gasteiger partial charge on any atom is -0.341 e. The van der Waals surface area contributed by atoms with E-state index in [0.29, 0.717) is 5.92 Å². The third kappa shape index (κ3) is 2.71. The first-order valence-electron chi connectivity index (χ1n) is 5.56. The molecule has 2 atom stereocenters. The number of carbonyl (C=O) groups is 1. The smallest absolute Gasteiger partial charge is 0.239 e. The van der Waals surface area contributed by atoms with Crippen LogP contribution >= 0.6 is 0 Å². The van der Waals surface area contributed by atoms with Crippen molar-refractivity contribution in [3.05, 3.63) is 0 Å². The van der Waals surface area contributed by atoms with E-state index in [4.69, 9.17) is 5.73 Å². The monoisotopic (exact) mass is 198 g/mol. The molecule has 1 amide bonds. The molecule has 0 radical (unpaired) electrons. The van der Waals surface area contributed by atoms with Crippen LogP contribution in [0.5, 0.6) is 0 Å². The van der Waals surface area contributed by atoms with E-state index in [0.717, 1.165) is 19.5 Å². The first kappa shape index (κ1) is 11.5. The van der Waals surface area contributed by atoms with E-state index in [-0.39, 0.29) is 17.9 Å². The predicted octanol–water partition coefficient (Wildman–Crippen LogP) is 1.23. The van der Waals surface area contributed by atoms with Crippen LogP contribution < -0.4 is 5.73 Å². The molecule has 0 aromatic rings. The normalized spacial score (nSPS) is 25.2. The van der Waals surface area contributed by atoms with Crippen LogP contribution in [0.1, 0.15) is 33.6 Å². The van der Waals surface area contributed by atoms with Gasteiger partial charge >= 0.3 is 0 Å². The molecular weight excluding hydrogens is 176 g/mol. The van der Waals surface area contributed by atoms with Gasteiger partial charge in [-0.2, -0.15) is 0 Å². The number of rotatable bonds is 2. The molecular formula is C11H22N2O. The maximum atomic E-state index is 11.9. The fourth-order valence-electron chi connectivity index (χ4n) is 1.89. The van der Waals surface area contributed by atoms with Gasteiger partial charge in [0.1, 0.15) is 0 Å². The average Bonchev–Trinajstić information content (AvgIpc) is 2.15. The molecule has 0 aromatic heterocycles. The Morgan fingerprint density at radius 2 is 2.14 bits per heavy atom. The van der Waals surface area contributed by atoms with Crippen molar-refractivity contribution in [1.82, 2.24) is 4.90 Å². The number of hydrogen-bond donors (Lipinski definition) is 1. The largest absolute Gasteiger partial charge is 0.341 e. The molecule has 1 aliphatic rings. The second-order valence-electron chi connectivity index (χ2n) is 4.80. The second kappa shape index (κ2) is 4.78. The van der Waals surface area contributed by atoms with Crippen LogP contribution in [0.3, 0.4) is 0 Å². The van der Waals surface area contributed by atoms with Crippen molar-refractivity contribution >= 4 is 5.91 Å². The molecule has 0 unspecified atom stereocenters. The van der Waals surface area contributed by atoms with Gasteiger partial charge in [-0.3, -0.25) is 4.79 Å². The van der Waals surface area contributed by atoms with Crippen molar-refractivity contribution in [2.45, 2.75) is 39.7 Å². The van der Waals surface area contributed by atoms with Gasteiger partial charge in [-0.1, -0.05) is 20.8 Å². The maximum Gasteiger partial charge on any atom is 0.239 e. The number of nitrogens with two attached hydrogens (primary N) is 1. The average molecular weight is 198 g/mol. The lowest BCUT2D eigenvalue weighted by atomic mass is 9.97. The molecule has 82 valence electrons. The zero-order valence-corrected chi connectivity index (χ0v) is 9.49. The van der Waals surface area contributed by atoms with Gasteiger partial charge in [0.2, 0.25) is 5.91 Å². The van der Waals surface area contributed by atoms with Crippen LogP contribution in [0, 0.1) is 11.8 Å². The van der Waals surface area contributed by atoms with E-state index in [9.17, 15) is 4.79 Å². The van der Waals surface area contributed by atoms with Gasteiger partial charge in [0, 0.05) is 13.1 Å². The zero-order valence-electron chi connectivity index (χ0n) is 9.49. The molecule has 0 saturated carbocycles. The molecule has 3 nitrogen and oxygen atoms in total. The fourth-order valence-corrected chi connectivity index (χ4v) is 1.89. The molecule has 0 spiro atoms. The summed E-state index contributed by atoms with van der Waals surface area (Å²) < 4.78 is 0. The third-order valence-electron chi connectivity index (χ3n) is 2.97. The van der Waals surface area contributed by atoms with Crippen molar-refractivity contribution in [1.29, 1.82) is 0 Å². The Bertz CT molecular complexity index is 203. The lowest BCUT2D eigenvalue weighted by Crippen LogP contribution is -2.49. The first-order chi connectivity index (χ1) is 6.52. The molecule has 1 aliphatic heterocycles. The first-order valence-corrected chi connectivity index (χ1v) is 5.56. The van der Waals surface area contributed by atoms with E-state index >= 15 is 0 Å². The Morgan fingerprint density at radius 3 is 2.64 bits per heavy atom. The fraction of sp³-hybridized carbons (Fsp3) is 0.909. The molecule has 2 N–H and O–H groups in total. The van der Waals surface area contributed by atoms with Crippen molar-refractivity contribution in [3.8, 4) is 0 Å². The third-order valence-corrected chi connectivity index (χ3v) is 2.97. The zero-order chi connectivity index (χ0) is 10.7. The summed E-state index contributed by atoms with van der Waals surface area (Å²) in [7, 11) is 0. The second-order valence-corrected chi connectivity index (χ2v) is 4.80. The van der Waals surface area contributed by atoms with E-state index < -0.39 is 0 Å². The van der Waals surface area contributed by atoms with E-state index in [2.05, 4.69) is 6.92 Å². The Kier molecular flexibility index (Phi) is 3.93. The van der Waals surface area contributed by atoms with Gasteiger partial charge in [-0.25, -0.2) is 0 Å². The molecule has 0 aliphatic carbocycles. The minimum absolute atomic E-state index is 0.131. The highest BCUT2D eigenvalue weighted by Gasteiger charge is 2.26. The van der Waals surface area contributed by atoms with Crippen LogP contribution in [-0.2, 0) is 4.79 Å². The highest BCUT2D eigenvalue weighted by Crippen LogP contribution is 2.17. The predicted molar refractivity (Wildman–Crippen MR) is 57.8 cm³/mol. The standard InChI is InChI=1S/C11H22N2O/c1-8(2)10(12)11(14)13-6-4-5-9(3)7-13/h8-10H,4-7,12H2,1-3H3/t9-,10+/m0/s1. The molecule has 1 saturated heterocycles. The topological polar surface area (TPSA) is 46.3 Å². The van der Waals surface area contributed by atoms with Gasteiger partial charge in [0.05, 0.1) is 6.04 Å². The number of amides is 1. The van der Waals surface area contributed by atoms with Crippen LogP contribution in [-0.4, -0.2) is 29.9 Å². The van der Waals surface area contributed by atoms with Crippen molar-refractivity contribution in [2.75, 3.05) is 13.1 Å². The number of nitrogens with zero attached hydrogens (tertiary/aromatic N) is 1. The highest BCUT2D eigenvalue weighted by molar-refractivity contribution is 5.82. The van der Waals surface area contributed by atoms with E-state index in [1.807, 2.05) is 18.7 Å². The molecule has 0 bridgehead atoms. The summed E-state index contributed by atoms with van der Waals surface area (Å²) in [6, 6.07) is -0.319. The number of likely N-dealkylation sites (tertiary alicyclic amines) is 1. The molecule has 1 heterocycles. The summed E-state index contributed by atoms with van der Waals surface area (Å²) in [6.45, 7) is 7.97. The lowest BCUT2D eigenvalue weighted by molar-refractivity contribution is -0.135. The molecule has 1 rings (SSSR count). The minimum atomic E-state index is -0.319. The molecule has 3 heteroatoms. The summed E-state index contributed by atoms with van der Waals surface area (Å²) in [5, 5.41) is 0. The maximum absolute atomic E-state index is 11.9. The Balaban J connectivity index is 2.51. The van der Waals surface area contributed by atoms with Gasteiger partial charge < -0.3 is 10.6 Å². The number of piperidine rings is 1.